The Bertz CT molecular complexity index is 761. The molecule has 0 aliphatic carbocycles. The highest BCUT2D eigenvalue weighted by Gasteiger charge is 2.23. The molecule has 5 heteroatoms. The minimum Gasteiger partial charge on any atom is -0.367 e. The lowest BCUT2D eigenvalue weighted by molar-refractivity contribution is 0.191. The molecule has 3 rings (SSSR count). The second-order valence-electron chi connectivity index (χ2n) is 6.18. The first-order valence-corrected chi connectivity index (χ1v) is 8.53. The fraction of sp³-hybridized carbons (Fsp3) is 0.300. The molecule has 2 aromatic carbocycles. The van der Waals surface area contributed by atoms with E-state index in [0.717, 1.165) is 24.3 Å². The first kappa shape index (κ1) is 16.8. The summed E-state index contributed by atoms with van der Waals surface area (Å²) in [6.07, 6.45) is 0. The molecule has 0 saturated carbocycles. The number of benzene rings is 2. The van der Waals surface area contributed by atoms with E-state index >= 15 is 0 Å². The predicted octanol–water partition coefficient (Wildman–Crippen LogP) is 3.15. The van der Waals surface area contributed by atoms with Crippen molar-refractivity contribution in [2.45, 2.75) is 13.0 Å². The standard InChI is InChI=1S/C20H22N4O/c1-16(17-7-3-2-4-8-17)22-20(25)24-13-11-23(12-14-24)19-10-6-5-9-18(19)15-21/h2-10,16H,11-14H2,1H3,(H,22,25). The van der Waals surface area contributed by atoms with Crippen molar-refractivity contribution < 1.29 is 4.79 Å². The SMILES string of the molecule is CC(NC(=O)N1CCN(c2ccccc2C#N)CC1)c1ccccc1. The number of piperazine rings is 1. The lowest BCUT2D eigenvalue weighted by Gasteiger charge is -2.36. The summed E-state index contributed by atoms with van der Waals surface area (Å²) in [6, 6.07) is 19.7. The molecule has 1 aliphatic rings. The lowest BCUT2D eigenvalue weighted by Crippen LogP contribution is -2.52. The summed E-state index contributed by atoms with van der Waals surface area (Å²) in [5.41, 5.74) is 2.72. The average Bonchev–Trinajstić information content (AvgIpc) is 2.68. The number of para-hydroxylation sites is 1. The number of anilines is 1. The molecule has 0 spiro atoms. The molecule has 0 bridgehead atoms. The fourth-order valence-electron chi connectivity index (χ4n) is 3.10. The number of amides is 2. The predicted molar refractivity (Wildman–Crippen MR) is 98.3 cm³/mol. The van der Waals surface area contributed by atoms with Gasteiger partial charge in [0.1, 0.15) is 6.07 Å². The Labute approximate surface area is 148 Å². The molecule has 128 valence electrons. The molecule has 1 aliphatic heterocycles. The van der Waals surface area contributed by atoms with Crippen LogP contribution in [0.25, 0.3) is 0 Å². The Balaban J connectivity index is 1.57. The van der Waals surface area contributed by atoms with E-state index in [1.807, 2.05) is 66.4 Å². The Kier molecular flexibility index (Phi) is 5.20. The van der Waals surface area contributed by atoms with Gasteiger partial charge in [-0.1, -0.05) is 42.5 Å². The number of carbonyl (C=O) groups is 1. The summed E-state index contributed by atoms with van der Waals surface area (Å²) in [7, 11) is 0. The first-order valence-electron chi connectivity index (χ1n) is 8.53. The maximum Gasteiger partial charge on any atom is 0.317 e. The second kappa shape index (κ2) is 7.71. The molecule has 1 unspecified atom stereocenters. The monoisotopic (exact) mass is 334 g/mol. The van der Waals surface area contributed by atoms with Crippen molar-refractivity contribution in [3.05, 3.63) is 65.7 Å². The van der Waals surface area contributed by atoms with Crippen LogP contribution in [0.3, 0.4) is 0 Å². The lowest BCUT2D eigenvalue weighted by atomic mass is 10.1. The topological polar surface area (TPSA) is 59.4 Å². The molecule has 5 nitrogen and oxygen atoms in total. The third kappa shape index (κ3) is 3.92. The summed E-state index contributed by atoms with van der Waals surface area (Å²) in [4.78, 5) is 16.5. The summed E-state index contributed by atoms with van der Waals surface area (Å²) in [5, 5.41) is 12.3. The van der Waals surface area contributed by atoms with Crippen LogP contribution in [0.4, 0.5) is 10.5 Å². The van der Waals surface area contributed by atoms with Gasteiger partial charge in [0.25, 0.3) is 0 Å². The quantitative estimate of drug-likeness (QED) is 0.938. The Morgan fingerprint density at radius 1 is 1.04 bits per heavy atom. The Hall–Kier alpha value is -3.00. The van der Waals surface area contributed by atoms with Crippen molar-refractivity contribution >= 4 is 11.7 Å². The number of carbonyl (C=O) groups excluding carboxylic acids is 1. The van der Waals surface area contributed by atoms with Crippen LogP contribution < -0.4 is 10.2 Å². The average molecular weight is 334 g/mol. The van der Waals surface area contributed by atoms with E-state index in [0.29, 0.717) is 18.7 Å². The van der Waals surface area contributed by atoms with Gasteiger partial charge in [0, 0.05) is 26.2 Å². The fourth-order valence-corrected chi connectivity index (χ4v) is 3.10. The molecule has 0 radical (unpaired) electrons. The van der Waals surface area contributed by atoms with E-state index < -0.39 is 0 Å². The maximum absolute atomic E-state index is 12.5. The maximum atomic E-state index is 12.5. The Morgan fingerprint density at radius 2 is 1.68 bits per heavy atom. The summed E-state index contributed by atoms with van der Waals surface area (Å²) in [5.74, 6) is 0. The second-order valence-corrected chi connectivity index (χ2v) is 6.18. The molecule has 1 fully saturated rings. The van der Waals surface area contributed by atoms with E-state index in [1.54, 1.807) is 0 Å². The summed E-state index contributed by atoms with van der Waals surface area (Å²) < 4.78 is 0. The van der Waals surface area contributed by atoms with Crippen molar-refractivity contribution in [1.29, 1.82) is 5.26 Å². The van der Waals surface area contributed by atoms with Gasteiger partial charge in [-0.3, -0.25) is 0 Å². The largest absolute Gasteiger partial charge is 0.367 e. The number of hydrogen-bond acceptors (Lipinski definition) is 3. The molecule has 1 N–H and O–H groups in total. The van der Waals surface area contributed by atoms with E-state index in [1.165, 1.54) is 0 Å². The first-order chi connectivity index (χ1) is 12.2. The highest BCUT2D eigenvalue weighted by atomic mass is 16.2. The van der Waals surface area contributed by atoms with Crippen LogP contribution in [0.5, 0.6) is 0 Å². The van der Waals surface area contributed by atoms with Gasteiger partial charge in [-0.05, 0) is 24.6 Å². The zero-order valence-corrected chi connectivity index (χ0v) is 14.4. The molecule has 0 aromatic heterocycles. The van der Waals surface area contributed by atoms with Gasteiger partial charge in [0.05, 0.1) is 17.3 Å². The van der Waals surface area contributed by atoms with E-state index in [9.17, 15) is 10.1 Å². The Morgan fingerprint density at radius 3 is 2.36 bits per heavy atom. The number of hydrogen-bond donors (Lipinski definition) is 1. The van der Waals surface area contributed by atoms with Crippen LogP contribution in [-0.2, 0) is 0 Å². The number of nitriles is 1. The molecule has 1 saturated heterocycles. The van der Waals surface area contributed by atoms with Crippen LogP contribution in [0, 0.1) is 11.3 Å². The minimum absolute atomic E-state index is 0.0222. The van der Waals surface area contributed by atoms with Crippen LogP contribution >= 0.6 is 0 Å². The van der Waals surface area contributed by atoms with Gasteiger partial charge in [-0.15, -0.1) is 0 Å². The van der Waals surface area contributed by atoms with Crippen molar-refractivity contribution in [2.75, 3.05) is 31.1 Å². The van der Waals surface area contributed by atoms with E-state index in [-0.39, 0.29) is 12.1 Å². The molecule has 25 heavy (non-hydrogen) atoms. The normalized spacial score (nSPS) is 15.4. The van der Waals surface area contributed by atoms with Gasteiger partial charge < -0.3 is 15.1 Å². The van der Waals surface area contributed by atoms with Gasteiger partial charge in [0.15, 0.2) is 0 Å². The number of urea groups is 1. The summed E-state index contributed by atoms with van der Waals surface area (Å²) >= 11 is 0. The smallest absolute Gasteiger partial charge is 0.317 e. The number of rotatable bonds is 3. The molecule has 2 amide bonds. The van der Waals surface area contributed by atoms with Crippen molar-refractivity contribution in [1.82, 2.24) is 10.2 Å². The van der Waals surface area contributed by atoms with Gasteiger partial charge in [0.2, 0.25) is 0 Å². The molecular formula is C20H22N4O. The van der Waals surface area contributed by atoms with Crippen molar-refractivity contribution in [2.24, 2.45) is 0 Å². The molecule has 1 atom stereocenters. The highest BCUT2D eigenvalue weighted by Crippen LogP contribution is 2.21. The van der Waals surface area contributed by atoms with Crippen LogP contribution in [0.2, 0.25) is 0 Å². The zero-order valence-electron chi connectivity index (χ0n) is 14.4. The van der Waals surface area contributed by atoms with Crippen LogP contribution in [-0.4, -0.2) is 37.1 Å². The molecule has 1 heterocycles. The summed E-state index contributed by atoms with van der Waals surface area (Å²) in [6.45, 7) is 4.74. The highest BCUT2D eigenvalue weighted by molar-refractivity contribution is 5.75. The number of nitrogens with zero attached hydrogens (tertiary/aromatic N) is 3. The van der Waals surface area contributed by atoms with Crippen LogP contribution in [0.1, 0.15) is 24.1 Å². The number of nitrogens with one attached hydrogen (secondary N) is 1. The van der Waals surface area contributed by atoms with Crippen LogP contribution in [0.15, 0.2) is 54.6 Å². The molecule has 2 aromatic rings. The molecular weight excluding hydrogens is 312 g/mol. The van der Waals surface area contributed by atoms with Gasteiger partial charge >= 0.3 is 6.03 Å². The zero-order chi connectivity index (χ0) is 17.6. The van der Waals surface area contributed by atoms with Gasteiger partial charge in [-0.25, -0.2) is 4.79 Å². The van der Waals surface area contributed by atoms with Gasteiger partial charge in [-0.2, -0.15) is 5.26 Å². The van der Waals surface area contributed by atoms with E-state index in [4.69, 9.17) is 0 Å². The third-order valence-electron chi connectivity index (χ3n) is 4.57. The van der Waals surface area contributed by atoms with E-state index in [2.05, 4.69) is 16.3 Å². The minimum atomic E-state index is -0.0374. The van der Waals surface area contributed by atoms with Crippen molar-refractivity contribution in [3.8, 4) is 6.07 Å². The van der Waals surface area contributed by atoms with Crippen molar-refractivity contribution in [3.63, 3.8) is 0 Å². The third-order valence-corrected chi connectivity index (χ3v) is 4.57.